The molecule has 1 radical (unpaired) electrons. The molecule has 1 heterocycles. The molecule has 0 fully saturated rings. The van der Waals surface area contributed by atoms with Gasteiger partial charge in [0.25, 0.3) is 0 Å². The molecule has 2 rings (SSSR count). The number of para-hydroxylation sites is 1. The number of benzene rings is 1. The molecule has 1 aromatic heterocycles. The molecule has 0 aliphatic heterocycles. The zero-order chi connectivity index (χ0) is 10.5. The number of anilines is 2. The summed E-state index contributed by atoms with van der Waals surface area (Å²) in [6, 6.07) is 14.2. The van der Waals surface area contributed by atoms with Gasteiger partial charge in [0.2, 0.25) is 0 Å². The molecular weight excluding hydrogens is 184 g/mol. The summed E-state index contributed by atoms with van der Waals surface area (Å²) in [6.45, 7) is 4.65. The number of nitrogens with zero attached hydrogens (tertiary/aromatic N) is 2. The second-order valence-corrected chi connectivity index (χ2v) is 3.19. The molecule has 0 atom stereocenters. The maximum absolute atomic E-state index is 4.01. The van der Waals surface area contributed by atoms with E-state index in [-0.39, 0.29) is 0 Å². The second kappa shape index (κ2) is 4.60. The molecule has 0 aliphatic carbocycles. The first-order valence-corrected chi connectivity index (χ1v) is 4.93. The van der Waals surface area contributed by atoms with Crippen LogP contribution in [0.1, 0.15) is 0 Å². The van der Waals surface area contributed by atoms with E-state index in [1.165, 1.54) is 0 Å². The van der Waals surface area contributed by atoms with Gasteiger partial charge in [0.1, 0.15) is 0 Å². The smallest absolute Gasteiger partial charge is 0.0441 e. The summed E-state index contributed by atoms with van der Waals surface area (Å²) in [5, 5.41) is 0. The van der Waals surface area contributed by atoms with Crippen molar-refractivity contribution < 1.29 is 0 Å². The van der Waals surface area contributed by atoms with E-state index in [2.05, 4.69) is 28.9 Å². The summed E-state index contributed by atoms with van der Waals surface area (Å²) in [7, 11) is 0. The molecule has 1 aromatic carbocycles. The van der Waals surface area contributed by atoms with Gasteiger partial charge < -0.3 is 4.90 Å². The minimum Gasteiger partial charge on any atom is -0.341 e. The van der Waals surface area contributed by atoms with E-state index in [1.807, 2.05) is 30.3 Å². The van der Waals surface area contributed by atoms with Crippen molar-refractivity contribution in [1.29, 1.82) is 0 Å². The quantitative estimate of drug-likeness (QED) is 0.751. The van der Waals surface area contributed by atoms with E-state index in [0.717, 1.165) is 11.4 Å². The molecule has 2 aromatic rings. The Bertz CT molecular complexity index is 358. The molecule has 0 saturated heterocycles. The average molecular weight is 197 g/mol. The lowest BCUT2D eigenvalue weighted by molar-refractivity contribution is 1.09. The largest absolute Gasteiger partial charge is 0.341 e. The Balaban J connectivity index is 2.34. The SMILES string of the molecule is [CH2]CN(c1ccccc1)c1ccncc1. The van der Waals surface area contributed by atoms with Crippen molar-refractivity contribution in [2.75, 3.05) is 11.4 Å². The van der Waals surface area contributed by atoms with Crippen molar-refractivity contribution >= 4 is 11.4 Å². The van der Waals surface area contributed by atoms with Gasteiger partial charge in [-0.25, -0.2) is 0 Å². The Labute approximate surface area is 90.2 Å². The molecule has 2 nitrogen and oxygen atoms in total. The van der Waals surface area contributed by atoms with Crippen LogP contribution in [0, 0.1) is 6.92 Å². The van der Waals surface area contributed by atoms with Gasteiger partial charge in [-0.05, 0) is 31.2 Å². The lowest BCUT2D eigenvalue weighted by Gasteiger charge is -2.22. The summed E-state index contributed by atoms with van der Waals surface area (Å²) >= 11 is 0. The van der Waals surface area contributed by atoms with Gasteiger partial charge in [-0.2, -0.15) is 0 Å². The minimum atomic E-state index is 0.702. The van der Waals surface area contributed by atoms with Gasteiger partial charge >= 0.3 is 0 Å². The number of rotatable bonds is 3. The first kappa shape index (κ1) is 9.71. The molecule has 0 N–H and O–H groups in total. The maximum Gasteiger partial charge on any atom is 0.0441 e. The highest BCUT2D eigenvalue weighted by Crippen LogP contribution is 2.23. The van der Waals surface area contributed by atoms with Crippen LogP contribution >= 0.6 is 0 Å². The standard InChI is InChI=1S/C13H13N2/c1-2-15(12-6-4-3-5-7-12)13-8-10-14-11-9-13/h3-11H,1-2H2. The number of hydrogen-bond acceptors (Lipinski definition) is 2. The Morgan fingerprint density at radius 3 is 2.13 bits per heavy atom. The predicted octanol–water partition coefficient (Wildman–Crippen LogP) is 3.05. The number of pyridine rings is 1. The maximum atomic E-state index is 4.01. The van der Waals surface area contributed by atoms with E-state index < -0.39 is 0 Å². The summed E-state index contributed by atoms with van der Waals surface area (Å²) in [5.41, 5.74) is 2.27. The zero-order valence-electron chi connectivity index (χ0n) is 8.50. The fourth-order valence-electron chi connectivity index (χ4n) is 1.54. The second-order valence-electron chi connectivity index (χ2n) is 3.19. The minimum absolute atomic E-state index is 0.702. The van der Waals surface area contributed by atoms with E-state index in [1.54, 1.807) is 12.4 Å². The van der Waals surface area contributed by atoms with Crippen LogP contribution in [0.2, 0.25) is 0 Å². The van der Waals surface area contributed by atoms with E-state index in [4.69, 9.17) is 0 Å². The van der Waals surface area contributed by atoms with Crippen LogP contribution in [0.4, 0.5) is 11.4 Å². The Morgan fingerprint density at radius 1 is 0.933 bits per heavy atom. The molecule has 0 spiro atoms. The van der Waals surface area contributed by atoms with Gasteiger partial charge in [-0.3, -0.25) is 4.98 Å². The topological polar surface area (TPSA) is 16.1 Å². The molecule has 0 bridgehead atoms. The van der Waals surface area contributed by atoms with Gasteiger partial charge in [-0.1, -0.05) is 18.2 Å². The van der Waals surface area contributed by atoms with Gasteiger partial charge in [-0.15, -0.1) is 0 Å². The molecule has 2 heteroatoms. The predicted molar refractivity (Wildman–Crippen MR) is 63.0 cm³/mol. The first-order chi connectivity index (χ1) is 7.42. The van der Waals surface area contributed by atoms with Crippen LogP contribution in [0.15, 0.2) is 54.9 Å². The number of hydrogen-bond donors (Lipinski definition) is 0. The van der Waals surface area contributed by atoms with Crippen molar-refractivity contribution in [3.8, 4) is 0 Å². The van der Waals surface area contributed by atoms with E-state index >= 15 is 0 Å². The van der Waals surface area contributed by atoms with Crippen molar-refractivity contribution in [3.05, 3.63) is 61.8 Å². The fourth-order valence-corrected chi connectivity index (χ4v) is 1.54. The van der Waals surface area contributed by atoms with Crippen molar-refractivity contribution in [3.63, 3.8) is 0 Å². The van der Waals surface area contributed by atoms with Crippen molar-refractivity contribution in [2.45, 2.75) is 0 Å². The normalized spacial score (nSPS) is 9.93. The van der Waals surface area contributed by atoms with E-state index in [0.29, 0.717) is 6.54 Å². The third-order valence-electron chi connectivity index (χ3n) is 2.27. The molecule has 75 valence electrons. The fraction of sp³-hybridized carbons (Fsp3) is 0.0769. The molecular formula is C13H13N2. The van der Waals surface area contributed by atoms with Gasteiger partial charge in [0.15, 0.2) is 0 Å². The summed E-state index contributed by atoms with van der Waals surface area (Å²) in [6.07, 6.45) is 3.59. The zero-order valence-corrected chi connectivity index (χ0v) is 8.50. The highest BCUT2D eigenvalue weighted by atomic mass is 15.1. The third kappa shape index (κ3) is 2.15. The van der Waals surface area contributed by atoms with E-state index in [9.17, 15) is 0 Å². The summed E-state index contributed by atoms with van der Waals surface area (Å²) < 4.78 is 0. The van der Waals surface area contributed by atoms with Crippen molar-refractivity contribution in [2.24, 2.45) is 0 Å². The monoisotopic (exact) mass is 197 g/mol. The molecule has 0 unspecified atom stereocenters. The molecule has 0 aliphatic rings. The molecule has 15 heavy (non-hydrogen) atoms. The Hall–Kier alpha value is -1.83. The van der Waals surface area contributed by atoms with Crippen molar-refractivity contribution in [1.82, 2.24) is 4.98 Å². The first-order valence-electron chi connectivity index (χ1n) is 4.93. The van der Waals surface area contributed by atoms with Crippen LogP contribution < -0.4 is 4.90 Å². The van der Waals surface area contributed by atoms with Crippen LogP contribution in [0.5, 0.6) is 0 Å². The Morgan fingerprint density at radius 2 is 1.53 bits per heavy atom. The van der Waals surface area contributed by atoms with Crippen LogP contribution in [-0.2, 0) is 0 Å². The van der Waals surface area contributed by atoms with Crippen LogP contribution in [0.3, 0.4) is 0 Å². The third-order valence-corrected chi connectivity index (χ3v) is 2.27. The summed E-state index contributed by atoms with van der Waals surface area (Å²) in [4.78, 5) is 6.15. The van der Waals surface area contributed by atoms with Crippen LogP contribution in [-0.4, -0.2) is 11.5 Å². The average Bonchev–Trinajstić information content (AvgIpc) is 2.33. The lowest BCUT2D eigenvalue weighted by atomic mass is 10.2. The molecule has 0 saturated carbocycles. The number of aromatic nitrogens is 1. The lowest BCUT2D eigenvalue weighted by Crippen LogP contribution is -2.15. The highest BCUT2D eigenvalue weighted by molar-refractivity contribution is 5.62. The van der Waals surface area contributed by atoms with Gasteiger partial charge in [0.05, 0.1) is 0 Å². The molecule has 0 amide bonds. The highest BCUT2D eigenvalue weighted by Gasteiger charge is 2.04. The van der Waals surface area contributed by atoms with Crippen LogP contribution in [0.25, 0.3) is 0 Å². The Kier molecular flexibility index (Phi) is 2.98. The van der Waals surface area contributed by atoms with Gasteiger partial charge in [0, 0.05) is 30.3 Å². The summed E-state index contributed by atoms with van der Waals surface area (Å²) in [5.74, 6) is 0.